The highest BCUT2D eigenvalue weighted by Crippen LogP contribution is 2.23. The monoisotopic (exact) mass is 198 g/mol. The summed E-state index contributed by atoms with van der Waals surface area (Å²) in [6, 6.07) is 0.942. The van der Waals surface area contributed by atoms with Gasteiger partial charge in [-0.2, -0.15) is 0 Å². The molecule has 84 valence electrons. The van der Waals surface area contributed by atoms with Gasteiger partial charge in [0.1, 0.15) is 0 Å². The molecule has 0 bridgehead atoms. The van der Waals surface area contributed by atoms with E-state index >= 15 is 0 Å². The highest BCUT2D eigenvalue weighted by molar-refractivity contribution is 4.80. The van der Waals surface area contributed by atoms with E-state index in [1.54, 1.807) is 0 Å². The zero-order valence-corrected chi connectivity index (χ0v) is 9.89. The molecule has 2 nitrogen and oxygen atoms in total. The molecule has 0 aromatic rings. The van der Waals surface area contributed by atoms with Crippen molar-refractivity contribution in [3.05, 3.63) is 0 Å². The minimum Gasteiger partial charge on any atom is -0.314 e. The number of hydrogen-bond donors (Lipinski definition) is 1. The molecule has 0 unspecified atom stereocenters. The van der Waals surface area contributed by atoms with E-state index in [1.165, 1.54) is 58.3 Å². The molecule has 0 radical (unpaired) electrons. The van der Waals surface area contributed by atoms with E-state index in [1.807, 2.05) is 0 Å². The molecule has 0 atom stereocenters. The van der Waals surface area contributed by atoms with Crippen LogP contribution in [0.2, 0.25) is 0 Å². The molecule has 0 amide bonds. The fourth-order valence-electron chi connectivity index (χ4n) is 2.32. The van der Waals surface area contributed by atoms with Crippen molar-refractivity contribution in [2.75, 3.05) is 26.2 Å². The van der Waals surface area contributed by atoms with Crippen LogP contribution in [0.4, 0.5) is 0 Å². The van der Waals surface area contributed by atoms with Gasteiger partial charge in [0.15, 0.2) is 0 Å². The average molecular weight is 198 g/mol. The molecule has 0 aromatic carbocycles. The Kier molecular flexibility index (Phi) is 6.20. The van der Waals surface area contributed by atoms with Crippen molar-refractivity contribution in [3.63, 3.8) is 0 Å². The van der Waals surface area contributed by atoms with Crippen molar-refractivity contribution in [1.82, 2.24) is 10.2 Å². The lowest BCUT2D eigenvalue weighted by Gasteiger charge is -2.32. The number of hydrogen-bond acceptors (Lipinski definition) is 2. The van der Waals surface area contributed by atoms with Crippen LogP contribution < -0.4 is 5.32 Å². The summed E-state index contributed by atoms with van der Waals surface area (Å²) in [5.74, 6) is 0. The van der Waals surface area contributed by atoms with Crippen molar-refractivity contribution in [3.8, 4) is 0 Å². The Morgan fingerprint density at radius 1 is 1.07 bits per heavy atom. The van der Waals surface area contributed by atoms with Gasteiger partial charge in [0, 0.05) is 32.2 Å². The predicted molar refractivity (Wildman–Crippen MR) is 62.7 cm³/mol. The number of rotatable bonds is 1. The molecular weight excluding hydrogens is 172 g/mol. The Hall–Kier alpha value is -0.0800. The minimum absolute atomic E-state index is 0.942. The first kappa shape index (κ1) is 12.0. The van der Waals surface area contributed by atoms with Crippen molar-refractivity contribution in [1.29, 1.82) is 0 Å². The zero-order valence-electron chi connectivity index (χ0n) is 9.89. The van der Waals surface area contributed by atoms with Crippen LogP contribution >= 0.6 is 0 Å². The van der Waals surface area contributed by atoms with Gasteiger partial charge in [-0.05, 0) is 12.8 Å². The quantitative estimate of drug-likeness (QED) is 0.695. The van der Waals surface area contributed by atoms with Gasteiger partial charge in [-0.25, -0.2) is 0 Å². The number of piperazine rings is 1. The maximum atomic E-state index is 3.40. The number of nitrogens with zero attached hydrogens (tertiary/aromatic N) is 1. The van der Waals surface area contributed by atoms with Crippen LogP contribution in [-0.4, -0.2) is 37.1 Å². The molecule has 0 spiro atoms. The second-order valence-corrected chi connectivity index (χ2v) is 4.43. The van der Waals surface area contributed by atoms with Gasteiger partial charge < -0.3 is 5.32 Å². The fourth-order valence-corrected chi connectivity index (χ4v) is 2.32. The van der Waals surface area contributed by atoms with Crippen LogP contribution in [-0.2, 0) is 0 Å². The maximum Gasteiger partial charge on any atom is 0.0110 e. The molecule has 1 aliphatic heterocycles. The van der Waals surface area contributed by atoms with Crippen LogP contribution in [0.25, 0.3) is 0 Å². The van der Waals surface area contributed by atoms with E-state index in [4.69, 9.17) is 0 Å². The lowest BCUT2D eigenvalue weighted by atomic mass is 10.2. The lowest BCUT2D eigenvalue weighted by molar-refractivity contribution is 0.175. The molecule has 1 heterocycles. The summed E-state index contributed by atoms with van der Waals surface area (Å²) in [6.07, 6.45) is 7.10. The van der Waals surface area contributed by atoms with Crippen LogP contribution in [0.15, 0.2) is 0 Å². The summed E-state index contributed by atoms with van der Waals surface area (Å²) in [7, 11) is 0. The first-order valence-corrected chi connectivity index (χ1v) is 6.33. The van der Waals surface area contributed by atoms with E-state index in [2.05, 4.69) is 24.1 Å². The first-order chi connectivity index (χ1) is 6.88. The predicted octanol–water partition coefficient (Wildman–Crippen LogP) is 2.25. The van der Waals surface area contributed by atoms with Crippen molar-refractivity contribution in [2.24, 2.45) is 0 Å². The first-order valence-electron chi connectivity index (χ1n) is 6.33. The lowest BCUT2D eigenvalue weighted by Crippen LogP contribution is -2.47. The Balaban J connectivity index is 0.000000293. The molecule has 1 N–H and O–H groups in total. The smallest absolute Gasteiger partial charge is 0.0110 e. The van der Waals surface area contributed by atoms with Crippen LogP contribution in [0.3, 0.4) is 0 Å². The Morgan fingerprint density at radius 3 is 2.07 bits per heavy atom. The van der Waals surface area contributed by atoms with Crippen molar-refractivity contribution >= 4 is 0 Å². The van der Waals surface area contributed by atoms with Gasteiger partial charge in [0.2, 0.25) is 0 Å². The third-order valence-electron chi connectivity index (χ3n) is 2.99. The summed E-state index contributed by atoms with van der Waals surface area (Å²) in [6.45, 7) is 9.22. The molecule has 1 saturated carbocycles. The number of nitrogens with one attached hydrogen (secondary N) is 1. The van der Waals surface area contributed by atoms with Gasteiger partial charge in [-0.15, -0.1) is 0 Å². The van der Waals surface area contributed by atoms with Crippen LogP contribution in [0.5, 0.6) is 0 Å². The Morgan fingerprint density at radius 2 is 1.57 bits per heavy atom. The van der Waals surface area contributed by atoms with Crippen LogP contribution in [0, 0.1) is 0 Å². The van der Waals surface area contributed by atoms with E-state index in [0.29, 0.717) is 0 Å². The Labute approximate surface area is 89.1 Å². The highest BCUT2D eigenvalue weighted by atomic mass is 15.2. The molecule has 0 aromatic heterocycles. The summed E-state index contributed by atoms with van der Waals surface area (Å²) < 4.78 is 0. The minimum atomic E-state index is 0.942. The van der Waals surface area contributed by atoms with E-state index in [0.717, 1.165) is 6.04 Å². The van der Waals surface area contributed by atoms with Crippen molar-refractivity contribution < 1.29 is 0 Å². The third kappa shape index (κ3) is 3.97. The zero-order chi connectivity index (χ0) is 10.2. The largest absolute Gasteiger partial charge is 0.314 e. The average Bonchev–Trinajstić information content (AvgIpc) is 2.73. The highest BCUT2D eigenvalue weighted by Gasteiger charge is 2.22. The van der Waals surface area contributed by atoms with E-state index in [-0.39, 0.29) is 0 Å². The van der Waals surface area contributed by atoms with Gasteiger partial charge in [0.25, 0.3) is 0 Å². The van der Waals surface area contributed by atoms with Crippen molar-refractivity contribution in [2.45, 2.75) is 52.0 Å². The molecule has 2 rings (SSSR count). The van der Waals surface area contributed by atoms with Gasteiger partial charge >= 0.3 is 0 Å². The Bertz CT molecular complexity index is 124. The molecule has 2 heteroatoms. The molecule has 2 aliphatic rings. The summed E-state index contributed by atoms with van der Waals surface area (Å²) in [5.41, 5.74) is 0. The van der Waals surface area contributed by atoms with E-state index < -0.39 is 0 Å². The molecule has 1 saturated heterocycles. The second-order valence-electron chi connectivity index (χ2n) is 4.43. The van der Waals surface area contributed by atoms with Gasteiger partial charge in [0.05, 0.1) is 0 Å². The van der Waals surface area contributed by atoms with Gasteiger partial charge in [-0.3, -0.25) is 4.90 Å². The normalized spacial score (nSPS) is 24.4. The molecular formula is C12H26N2. The van der Waals surface area contributed by atoms with Gasteiger partial charge in [-0.1, -0.05) is 33.1 Å². The summed E-state index contributed by atoms with van der Waals surface area (Å²) >= 11 is 0. The summed E-state index contributed by atoms with van der Waals surface area (Å²) in [5, 5.41) is 3.40. The third-order valence-corrected chi connectivity index (χ3v) is 2.99. The second kappa shape index (κ2) is 7.24. The van der Waals surface area contributed by atoms with E-state index in [9.17, 15) is 0 Å². The summed E-state index contributed by atoms with van der Waals surface area (Å²) in [4.78, 5) is 2.67. The standard InChI is InChI=1S/C9H18N2.C3H8/c1-2-4-9(3-1)11-7-5-10-6-8-11;1-3-2/h9-10H,1-8H2;3H2,1-2H3. The molecule has 1 aliphatic carbocycles. The SMILES string of the molecule is C1CCC(N2CCNCC2)C1.CCC. The maximum absolute atomic E-state index is 3.40. The van der Waals surface area contributed by atoms with Crippen LogP contribution in [0.1, 0.15) is 46.0 Å². The fraction of sp³-hybridized carbons (Fsp3) is 1.00. The molecule has 2 fully saturated rings. The molecule has 14 heavy (non-hydrogen) atoms. The topological polar surface area (TPSA) is 15.3 Å².